The predicted molar refractivity (Wildman–Crippen MR) is 62.5 cm³/mol. The van der Waals surface area contributed by atoms with E-state index in [1.54, 1.807) is 13.0 Å². The standard InChI is InChI=1S/C6H10O2.C5H11NO2/c1-3-4-5(2)6(7)8;1-6-4-2-3-5(7)8/h4H,3H2,1-2H3,(H,7,8);6H,2-4H2,1H3,(H,7,8). The summed E-state index contributed by atoms with van der Waals surface area (Å²) >= 11 is 0. The van der Waals surface area contributed by atoms with Gasteiger partial charge in [0, 0.05) is 12.0 Å². The third-order valence-corrected chi connectivity index (χ3v) is 1.67. The molecule has 0 bridgehead atoms. The van der Waals surface area contributed by atoms with Gasteiger partial charge >= 0.3 is 11.9 Å². The van der Waals surface area contributed by atoms with Crippen LogP contribution in [0.3, 0.4) is 0 Å². The van der Waals surface area contributed by atoms with Gasteiger partial charge in [0.1, 0.15) is 0 Å². The maximum Gasteiger partial charge on any atom is 0.330 e. The van der Waals surface area contributed by atoms with Gasteiger partial charge in [0.05, 0.1) is 0 Å². The maximum atomic E-state index is 10.0. The fourth-order valence-electron chi connectivity index (χ4n) is 0.810. The Labute approximate surface area is 96.2 Å². The minimum absolute atomic E-state index is 0.265. The van der Waals surface area contributed by atoms with Crippen LogP contribution >= 0.6 is 0 Å². The van der Waals surface area contributed by atoms with Gasteiger partial charge in [-0.05, 0) is 33.4 Å². The number of nitrogens with one attached hydrogen (secondary N) is 1. The molecule has 0 aliphatic carbocycles. The normalized spacial score (nSPS) is 10.3. The van der Waals surface area contributed by atoms with Gasteiger partial charge in [0.2, 0.25) is 0 Å². The lowest BCUT2D eigenvalue weighted by Gasteiger charge is -1.92. The lowest BCUT2D eigenvalue weighted by Crippen LogP contribution is -2.09. The smallest absolute Gasteiger partial charge is 0.330 e. The van der Waals surface area contributed by atoms with Crippen molar-refractivity contribution in [1.29, 1.82) is 0 Å². The molecule has 0 aromatic heterocycles. The molecule has 0 heterocycles. The molecule has 0 aliphatic heterocycles. The monoisotopic (exact) mass is 231 g/mol. The average Bonchev–Trinajstić information content (AvgIpc) is 2.19. The molecular formula is C11H21NO4. The Kier molecular flexibility index (Phi) is 12.5. The average molecular weight is 231 g/mol. The van der Waals surface area contributed by atoms with Crippen LogP contribution in [0.4, 0.5) is 0 Å². The van der Waals surface area contributed by atoms with Crippen LogP contribution in [-0.4, -0.2) is 35.7 Å². The highest BCUT2D eigenvalue weighted by Crippen LogP contribution is 1.92. The minimum atomic E-state index is -0.827. The highest BCUT2D eigenvalue weighted by molar-refractivity contribution is 5.85. The SMILES string of the molecule is CCC=C(C)C(=O)O.CNCCCC(=O)O. The van der Waals surface area contributed by atoms with Crippen molar-refractivity contribution < 1.29 is 19.8 Å². The first kappa shape index (κ1) is 17.0. The van der Waals surface area contributed by atoms with Crippen LogP contribution in [0.5, 0.6) is 0 Å². The van der Waals surface area contributed by atoms with Gasteiger partial charge in [0.15, 0.2) is 0 Å². The van der Waals surface area contributed by atoms with Crippen molar-refractivity contribution in [3.63, 3.8) is 0 Å². The summed E-state index contributed by atoms with van der Waals surface area (Å²) in [6.45, 7) is 4.28. The molecule has 3 N–H and O–H groups in total. The summed E-state index contributed by atoms with van der Waals surface area (Å²) < 4.78 is 0. The number of hydrogen-bond acceptors (Lipinski definition) is 3. The van der Waals surface area contributed by atoms with E-state index < -0.39 is 11.9 Å². The molecule has 0 aromatic rings. The third-order valence-electron chi connectivity index (χ3n) is 1.67. The molecule has 16 heavy (non-hydrogen) atoms. The Bertz CT molecular complexity index is 236. The molecule has 94 valence electrons. The van der Waals surface area contributed by atoms with Crippen LogP contribution in [-0.2, 0) is 9.59 Å². The number of carbonyl (C=O) groups is 2. The number of carboxylic acid groups (broad SMARTS) is 2. The molecule has 0 atom stereocenters. The molecule has 0 saturated carbocycles. The van der Waals surface area contributed by atoms with E-state index in [-0.39, 0.29) is 6.42 Å². The van der Waals surface area contributed by atoms with Crippen molar-refractivity contribution in [1.82, 2.24) is 5.32 Å². The molecule has 0 spiro atoms. The molecule has 0 saturated heterocycles. The second kappa shape index (κ2) is 11.7. The molecular weight excluding hydrogens is 210 g/mol. The summed E-state index contributed by atoms with van der Waals surface area (Å²) in [7, 11) is 1.81. The molecule has 0 rings (SSSR count). The highest BCUT2D eigenvalue weighted by Gasteiger charge is 1.95. The Hall–Kier alpha value is -1.36. The summed E-state index contributed by atoms with van der Waals surface area (Å²) in [5, 5.41) is 19.2. The van der Waals surface area contributed by atoms with E-state index in [1.807, 2.05) is 14.0 Å². The summed E-state index contributed by atoms with van der Waals surface area (Å²) in [6.07, 6.45) is 3.45. The molecule has 5 heteroatoms. The molecule has 0 aromatic carbocycles. The fourth-order valence-corrected chi connectivity index (χ4v) is 0.810. The molecule has 0 radical (unpaired) electrons. The number of aliphatic carboxylic acids is 2. The Morgan fingerprint density at radius 3 is 2.12 bits per heavy atom. The van der Waals surface area contributed by atoms with Crippen LogP contribution < -0.4 is 5.32 Å². The van der Waals surface area contributed by atoms with Crippen LogP contribution in [0, 0.1) is 0 Å². The first-order valence-electron chi connectivity index (χ1n) is 5.22. The van der Waals surface area contributed by atoms with E-state index in [1.165, 1.54) is 0 Å². The Morgan fingerprint density at radius 2 is 1.88 bits per heavy atom. The van der Waals surface area contributed by atoms with E-state index in [0.717, 1.165) is 13.0 Å². The fraction of sp³-hybridized carbons (Fsp3) is 0.636. The van der Waals surface area contributed by atoms with E-state index in [0.29, 0.717) is 12.0 Å². The van der Waals surface area contributed by atoms with Crippen molar-refractivity contribution in [3.8, 4) is 0 Å². The quantitative estimate of drug-likeness (QED) is 0.476. The zero-order chi connectivity index (χ0) is 13.0. The van der Waals surface area contributed by atoms with Crippen LogP contribution in [0.15, 0.2) is 11.6 Å². The predicted octanol–water partition coefficient (Wildman–Crippen LogP) is 1.50. The maximum absolute atomic E-state index is 10.0. The largest absolute Gasteiger partial charge is 0.481 e. The van der Waals surface area contributed by atoms with Gasteiger partial charge in [-0.15, -0.1) is 0 Å². The summed E-state index contributed by atoms with van der Waals surface area (Å²) in [5.41, 5.74) is 0.424. The minimum Gasteiger partial charge on any atom is -0.481 e. The topological polar surface area (TPSA) is 86.6 Å². The Morgan fingerprint density at radius 1 is 1.31 bits per heavy atom. The van der Waals surface area contributed by atoms with Crippen molar-refractivity contribution in [2.75, 3.05) is 13.6 Å². The van der Waals surface area contributed by atoms with Crippen molar-refractivity contribution >= 4 is 11.9 Å². The van der Waals surface area contributed by atoms with Gasteiger partial charge in [-0.25, -0.2) is 4.79 Å². The first-order valence-corrected chi connectivity index (χ1v) is 5.22. The summed E-state index contributed by atoms with van der Waals surface area (Å²) in [6, 6.07) is 0. The van der Waals surface area contributed by atoms with Crippen molar-refractivity contribution in [2.24, 2.45) is 0 Å². The Balaban J connectivity index is 0. The summed E-state index contributed by atoms with van der Waals surface area (Å²) in [4.78, 5) is 19.9. The first-order chi connectivity index (χ1) is 7.45. The van der Waals surface area contributed by atoms with Gasteiger partial charge in [0.25, 0.3) is 0 Å². The van der Waals surface area contributed by atoms with E-state index in [9.17, 15) is 9.59 Å². The van der Waals surface area contributed by atoms with Gasteiger partial charge in [-0.1, -0.05) is 13.0 Å². The number of rotatable bonds is 6. The van der Waals surface area contributed by atoms with E-state index in [2.05, 4.69) is 5.32 Å². The van der Waals surface area contributed by atoms with E-state index >= 15 is 0 Å². The van der Waals surface area contributed by atoms with Gasteiger partial charge < -0.3 is 15.5 Å². The molecule has 0 unspecified atom stereocenters. The van der Waals surface area contributed by atoms with E-state index in [4.69, 9.17) is 10.2 Å². The second-order valence-electron chi connectivity index (χ2n) is 3.20. The lowest BCUT2D eigenvalue weighted by molar-refractivity contribution is -0.137. The van der Waals surface area contributed by atoms with Crippen molar-refractivity contribution in [2.45, 2.75) is 33.1 Å². The van der Waals surface area contributed by atoms with Gasteiger partial charge in [-0.3, -0.25) is 4.79 Å². The lowest BCUT2D eigenvalue weighted by atomic mass is 10.2. The summed E-state index contributed by atoms with van der Waals surface area (Å²) in [5.74, 6) is -1.55. The second-order valence-corrected chi connectivity index (χ2v) is 3.20. The molecule has 0 amide bonds. The molecule has 0 aliphatic rings. The molecule has 0 fully saturated rings. The van der Waals surface area contributed by atoms with Crippen LogP contribution in [0.1, 0.15) is 33.1 Å². The van der Waals surface area contributed by atoms with Gasteiger partial charge in [-0.2, -0.15) is 0 Å². The zero-order valence-corrected chi connectivity index (χ0v) is 10.1. The highest BCUT2D eigenvalue weighted by atomic mass is 16.4. The van der Waals surface area contributed by atoms with Crippen molar-refractivity contribution in [3.05, 3.63) is 11.6 Å². The number of carboxylic acids is 2. The molecule has 5 nitrogen and oxygen atoms in total. The third kappa shape index (κ3) is 15.1. The van der Waals surface area contributed by atoms with Crippen LogP contribution in [0.2, 0.25) is 0 Å². The number of hydrogen-bond donors (Lipinski definition) is 3. The number of allylic oxidation sites excluding steroid dienone is 1. The van der Waals surface area contributed by atoms with Crippen LogP contribution in [0.25, 0.3) is 0 Å². The zero-order valence-electron chi connectivity index (χ0n) is 10.1.